The van der Waals surface area contributed by atoms with Gasteiger partial charge in [0.2, 0.25) is 5.91 Å². The first-order valence-electron chi connectivity index (χ1n) is 7.26. The lowest BCUT2D eigenvalue weighted by Gasteiger charge is -2.11. The first kappa shape index (κ1) is 15.6. The summed E-state index contributed by atoms with van der Waals surface area (Å²) in [4.78, 5) is 23.5. The number of benzene rings is 1. The monoisotopic (exact) mass is 334 g/mol. The van der Waals surface area contributed by atoms with E-state index in [-0.39, 0.29) is 28.8 Å². The van der Waals surface area contributed by atoms with Crippen LogP contribution in [0.2, 0.25) is 5.02 Å². The first-order chi connectivity index (χ1) is 11.0. The summed E-state index contributed by atoms with van der Waals surface area (Å²) in [6, 6.07) is 6.07. The van der Waals surface area contributed by atoms with Crippen LogP contribution in [0, 0.1) is 5.92 Å². The van der Waals surface area contributed by atoms with Gasteiger partial charge >= 0.3 is 5.97 Å². The van der Waals surface area contributed by atoms with Gasteiger partial charge in [-0.3, -0.25) is 4.79 Å². The number of hydrogen-bond donors (Lipinski definition) is 2. The molecule has 7 heteroatoms. The number of carbonyl (C=O) groups is 2. The highest BCUT2D eigenvalue weighted by Gasteiger charge is 2.33. The molecule has 1 fully saturated rings. The standard InChI is InChI=1S/C16H15ClN2O4/c1-8(18-15(20)10-2-3-10)14-12(16(21)22)13(19-23-14)9-4-6-11(17)7-5-9/h4-8,10H,2-3H2,1H3,(H,18,20)(H,21,22). The van der Waals surface area contributed by atoms with E-state index in [0.717, 1.165) is 12.8 Å². The van der Waals surface area contributed by atoms with Gasteiger partial charge in [0.25, 0.3) is 0 Å². The van der Waals surface area contributed by atoms with Gasteiger partial charge in [-0.25, -0.2) is 4.79 Å². The Morgan fingerprint density at radius 3 is 2.57 bits per heavy atom. The average molecular weight is 335 g/mol. The summed E-state index contributed by atoms with van der Waals surface area (Å²) in [5.41, 5.74) is 0.759. The third-order valence-corrected chi connectivity index (χ3v) is 4.00. The average Bonchev–Trinajstić information content (AvgIpc) is 3.26. The zero-order valence-electron chi connectivity index (χ0n) is 12.4. The van der Waals surface area contributed by atoms with Crippen molar-refractivity contribution in [2.45, 2.75) is 25.8 Å². The fourth-order valence-corrected chi connectivity index (χ4v) is 2.48. The van der Waals surface area contributed by atoms with E-state index in [4.69, 9.17) is 16.1 Å². The van der Waals surface area contributed by atoms with Crippen molar-refractivity contribution in [3.63, 3.8) is 0 Å². The largest absolute Gasteiger partial charge is 0.477 e. The van der Waals surface area contributed by atoms with E-state index < -0.39 is 12.0 Å². The molecule has 1 unspecified atom stereocenters. The molecule has 1 amide bonds. The molecule has 2 N–H and O–H groups in total. The molecule has 1 atom stereocenters. The molecule has 0 bridgehead atoms. The molecule has 23 heavy (non-hydrogen) atoms. The summed E-state index contributed by atoms with van der Waals surface area (Å²) in [6.45, 7) is 1.68. The van der Waals surface area contributed by atoms with Gasteiger partial charge in [0.05, 0.1) is 6.04 Å². The molecule has 1 aromatic carbocycles. The van der Waals surface area contributed by atoms with E-state index in [2.05, 4.69) is 10.5 Å². The van der Waals surface area contributed by atoms with Crippen LogP contribution < -0.4 is 5.32 Å². The maximum absolute atomic E-state index is 11.8. The van der Waals surface area contributed by atoms with Gasteiger partial charge in [-0.05, 0) is 31.9 Å². The number of nitrogens with one attached hydrogen (secondary N) is 1. The van der Waals surface area contributed by atoms with Crippen molar-refractivity contribution in [2.24, 2.45) is 5.92 Å². The van der Waals surface area contributed by atoms with E-state index in [9.17, 15) is 14.7 Å². The SMILES string of the molecule is CC(NC(=O)C1CC1)c1onc(-c2ccc(Cl)cc2)c1C(=O)O. The van der Waals surface area contributed by atoms with Crippen LogP contribution >= 0.6 is 11.6 Å². The van der Waals surface area contributed by atoms with E-state index >= 15 is 0 Å². The Labute approximate surface area is 137 Å². The molecule has 2 aromatic rings. The summed E-state index contributed by atoms with van der Waals surface area (Å²) < 4.78 is 5.23. The highest BCUT2D eigenvalue weighted by molar-refractivity contribution is 6.30. The van der Waals surface area contributed by atoms with E-state index in [0.29, 0.717) is 10.6 Å². The van der Waals surface area contributed by atoms with Gasteiger partial charge in [0, 0.05) is 16.5 Å². The first-order valence-corrected chi connectivity index (χ1v) is 7.64. The maximum Gasteiger partial charge on any atom is 0.341 e. The predicted molar refractivity (Wildman–Crippen MR) is 83.2 cm³/mol. The van der Waals surface area contributed by atoms with Crippen LogP contribution in [0.3, 0.4) is 0 Å². The maximum atomic E-state index is 11.8. The predicted octanol–water partition coefficient (Wildman–Crippen LogP) is 3.28. The fraction of sp³-hybridized carbons (Fsp3) is 0.312. The smallest absolute Gasteiger partial charge is 0.341 e. The Balaban J connectivity index is 1.93. The molecule has 0 spiro atoms. The summed E-state index contributed by atoms with van der Waals surface area (Å²) in [7, 11) is 0. The molecule has 1 aliphatic rings. The van der Waals surface area contributed by atoms with Crippen molar-refractivity contribution in [3.05, 3.63) is 40.6 Å². The highest BCUT2D eigenvalue weighted by Crippen LogP contribution is 2.32. The minimum Gasteiger partial charge on any atom is -0.477 e. The molecule has 120 valence electrons. The zero-order chi connectivity index (χ0) is 16.6. The van der Waals surface area contributed by atoms with E-state index in [1.165, 1.54) is 0 Å². The van der Waals surface area contributed by atoms with Gasteiger partial charge in [-0.15, -0.1) is 0 Å². The number of hydrogen-bond acceptors (Lipinski definition) is 4. The number of aromatic carboxylic acids is 1. The summed E-state index contributed by atoms with van der Waals surface area (Å²) in [5.74, 6) is -1.07. The van der Waals surface area contributed by atoms with Crippen molar-refractivity contribution < 1.29 is 19.2 Å². The van der Waals surface area contributed by atoms with Gasteiger partial charge in [0.15, 0.2) is 5.76 Å². The van der Waals surface area contributed by atoms with Gasteiger partial charge in [-0.2, -0.15) is 0 Å². The van der Waals surface area contributed by atoms with Gasteiger partial charge in [-0.1, -0.05) is 28.9 Å². The lowest BCUT2D eigenvalue weighted by molar-refractivity contribution is -0.123. The molecule has 1 saturated carbocycles. The van der Waals surface area contributed by atoms with Crippen LogP contribution in [0.4, 0.5) is 0 Å². The van der Waals surface area contributed by atoms with Crippen LogP contribution in [-0.4, -0.2) is 22.1 Å². The number of carboxylic acids is 1. The van der Waals surface area contributed by atoms with Crippen LogP contribution in [0.1, 0.15) is 41.9 Å². The number of amides is 1. The van der Waals surface area contributed by atoms with Crippen molar-refractivity contribution in [2.75, 3.05) is 0 Å². The van der Waals surface area contributed by atoms with Crippen molar-refractivity contribution >= 4 is 23.5 Å². The molecule has 1 heterocycles. The molecular formula is C16H15ClN2O4. The van der Waals surface area contributed by atoms with Gasteiger partial charge < -0.3 is 14.9 Å². The number of halogens is 1. The molecule has 1 aliphatic carbocycles. The van der Waals surface area contributed by atoms with Crippen LogP contribution in [0.15, 0.2) is 28.8 Å². The minimum absolute atomic E-state index is 0.0318. The molecule has 6 nitrogen and oxygen atoms in total. The topological polar surface area (TPSA) is 92.4 Å². The van der Waals surface area contributed by atoms with Crippen molar-refractivity contribution in [1.82, 2.24) is 10.5 Å². The molecule has 0 aliphatic heterocycles. The number of aromatic nitrogens is 1. The third-order valence-electron chi connectivity index (χ3n) is 3.75. The van der Waals surface area contributed by atoms with E-state index in [1.807, 2.05) is 0 Å². The highest BCUT2D eigenvalue weighted by atomic mass is 35.5. The Morgan fingerprint density at radius 2 is 2.00 bits per heavy atom. The summed E-state index contributed by atoms with van der Waals surface area (Å²) >= 11 is 5.84. The minimum atomic E-state index is -1.15. The summed E-state index contributed by atoms with van der Waals surface area (Å²) in [6.07, 6.45) is 1.74. The quantitative estimate of drug-likeness (QED) is 0.875. The zero-order valence-corrected chi connectivity index (χ0v) is 13.1. The van der Waals surface area contributed by atoms with Crippen LogP contribution in [0.25, 0.3) is 11.3 Å². The Hall–Kier alpha value is -2.34. The number of nitrogens with zero attached hydrogens (tertiary/aromatic N) is 1. The second-order valence-electron chi connectivity index (χ2n) is 5.59. The van der Waals surface area contributed by atoms with Gasteiger partial charge in [0.1, 0.15) is 11.3 Å². The molecule has 3 rings (SSSR count). The van der Waals surface area contributed by atoms with E-state index in [1.54, 1.807) is 31.2 Å². The van der Waals surface area contributed by atoms with Crippen molar-refractivity contribution in [1.29, 1.82) is 0 Å². The second kappa shape index (κ2) is 6.04. The number of carbonyl (C=O) groups excluding carboxylic acids is 1. The Bertz CT molecular complexity index is 750. The molecular weight excluding hydrogens is 320 g/mol. The normalized spacial score (nSPS) is 15.2. The molecule has 1 aromatic heterocycles. The van der Waals surface area contributed by atoms with Crippen molar-refractivity contribution in [3.8, 4) is 11.3 Å². The van der Waals surface area contributed by atoms with Crippen LogP contribution in [-0.2, 0) is 4.79 Å². The third kappa shape index (κ3) is 3.22. The number of carboxylic acid groups (broad SMARTS) is 1. The molecule has 0 saturated heterocycles. The summed E-state index contributed by atoms with van der Waals surface area (Å²) in [5, 5.41) is 16.7. The fourth-order valence-electron chi connectivity index (χ4n) is 2.35. The lowest BCUT2D eigenvalue weighted by atomic mass is 10.0. The molecule has 0 radical (unpaired) electrons. The van der Waals surface area contributed by atoms with Crippen LogP contribution in [0.5, 0.6) is 0 Å². The Morgan fingerprint density at radius 1 is 1.35 bits per heavy atom. The Kier molecular flexibility index (Phi) is 4.09. The second-order valence-corrected chi connectivity index (χ2v) is 6.02. The number of rotatable bonds is 5. The lowest BCUT2D eigenvalue weighted by Crippen LogP contribution is -2.28.